The van der Waals surface area contributed by atoms with Crippen LogP contribution in [-0.2, 0) is 4.79 Å². The Balaban J connectivity index is 1.42. The number of hydrogen-bond acceptors (Lipinski definition) is 3. The van der Waals surface area contributed by atoms with Crippen LogP contribution >= 0.6 is 0 Å². The molecule has 1 unspecified atom stereocenters. The number of aromatic nitrogens is 1. The summed E-state index contributed by atoms with van der Waals surface area (Å²) in [6, 6.07) is 10.1. The van der Waals surface area contributed by atoms with Crippen molar-refractivity contribution in [3.63, 3.8) is 0 Å². The minimum absolute atomic E-state index is 0.0543. The second-order valence-electron chi connectivity index (χ2n) is 7.92. The van der Waals surface area contributed by atoms with Gasteiger partial charge in [-0.2, -0.15) is 0 Å². The Morgan fingerprint density at radius 2 is 2.07 bits per heavy atom. The van der Waals surface area contributed by atoms with Crippen molar-refractivity contribution in [2.24, 2.45) is 17.8 Å². The summed E-state index contributed by atoms with van der Waals surface area (Å²) in [4.78, 5) is 27.8. The summed E-state index contributed by atoms with van der Waals surface area (Å²) in [6.45, 7) is 0. The summed E-state index contributed by atoms with van der Waals surface area (Å²) < 4.78 is 13.4. The lowest BCUT2D eigenvalue weighted by molar-refractivity contribution is -0.120. The zero-order valence-corrected chi connectivity index (χ0v) is 15.9. The fourth-order valence-electron chi connectivity index (χ4n) is 4.73. The van der Waals surface area contributed by atoms with Crippen LogP contribution in [-0.4, -0.2) is 28.0 Å². The van der Waals surface area contributed by atoms with E-state index in [-0.39, 0.29) is 35.4 Å². The van der Waals surface area contributed by atoms with E-state index in [1.807, 2.05) is 30.4 Å². The van der Waals surface area contributed by atoms with Crippen LogP contribution in [0.25, 0.3) is 17.2 Å². The van der Waals surface area contributed by atoms with E-state index in [0.29, 0.717) is 6.42 Å². The molecule has 0 saturated heterocycles. The lowest BCUT2D eigenvalue weighted by atomic mass is 9.76. The number of nitrogens with zero attached hydrogens (tertiary/aromatic N) is 1. The van der Waals surface area contributed by atoms with E-state index in [2.05, 4.69) is 10.3 Å². The fraction of sp³-hybridized carbons (Fsp3) is 0.348. The number of halogens is 1. The summed E-state index contributed by atoms with van der Waals surface area (Å²) in [5.74, 6) is 0.330. The minimum atomic E-state index is -0.998. The zero-order valence-electron chi connectivity index (χ0n) is 15.9. The normalized spacial score (nSPS) is 26.4. The maximum Gasteiger partial charge on any atom is 0.404 e. The van der Waals surface area contributed by atoms with Crippen LogP contribution in [0.2, 0.25) is 0 Å². The van der Waals surface area contributed by atoms with Gasteiger partial charge in [-0.1, -0.05) is 24.3 Å². The number of hydrogen-bond donors (Lipinski definition) is 2. The van der Waals surface area contributed by atoms with Gasteiger partial charge in [-0.3, -0.25) is 9.78 Å². The lowest BCUT2D eigenvalue weighted by Gasteiger charge is -2.32. The molecule has 1 heterocycles. The smallest absolute Gasteiger partial charge is 0.404 e. The molecule has 2 saturated carbocycles. The van der Waals surface area contributed by atoms with Gasteiger partial charge in [-0.25, -0.2) is 9.18 Å². The van der Waals surface area contributed by atoms with Crippen molar-refractivity contribution in [2.45, 2.75) is 31.7 Å². The molecule has 2 fully saturated rings. The van der Waals surface area contributed by atoms with E-state index in [1.165, 1.54) is 12.1 Å². The maximum absolute atomic E-state index is 13.4. The van der Waals surface area contributed by atoms with Crippen LogP contribution in [0.15, 0.2) is 48.7 Å². The molecule has 4 rings (SSSR count). The number of nitrogens with one attached hydrogen (secondary N) is 1. The molecule has 1 aromatic carbocycles. The molecule has 0 spiro atoms. The van der Waals surface area contributed by atoms with Crippen molar-refractivity contribution in [3.8, 4) is 11.1 Å². The Kier molecular flexibility index (Phi) is 5.43. The third kappa shape index (κ3) is 4.36. The predicted molar refractivity (Wildman–Crippen MR) is 108 cm³/mol. The molecule has 5 nitrogen and oxygen atoms in total. The van der Waals surface area contributed by atoms with Gasteiger partial charge in [0.2, 0.25) is 0 Å². The Hall–Kier alpha value is -3.02. The molecule has 0 aliphatic heterocycles. The Bertz CT molecular complexity index is 941. The number of Topliss-reactive ketones (excluding diaryl/α,β-unsaturated/α-hetero) is 1. The summed E-state index contributed by atoms with van der Waals surface area (Å²) in [5.41, 5.74) is 2.36. The first-order valence-electron chi connectivity index (χ1n) is 9.92. The van der Waals surface area contributed by atoms with Crippen molar-refractivity contribution in [2.75, 3.05) is 0 Å². The first-order valence-corrected chi connectivity index (χ1v) is 9.92. The maximum atomic E-state index is 13.4. The molecule has 150 valence electrons. The van der Waals surface area contributed by atoms with Gasteiger partial charge in [0.1, 0.15) is 11.6 Å². The molecule has 4 atom stereocenters. The van der Waals surface area contributed by atoms with Gasteiger partial charge in [-0.05, 0) is 60.9 Å². The monoisotopic (exact) mass is 394 g/mol. The topological polar surface area (TPSA) is 79.3 Å². The van der Waals surface area contributed by atoms with Crippen LogP contribution in [0.4, 0.5) is 9.18 Å². The highest BCUT2D eigenvalue weighted by Gasteiger charge is 2.44. The number of benzene rings is 1. The number of fused-ring (bicyclic) bond motifs is 1. The molecule has 2 N–H and O–H groups in total. The van der Waals surface area contributed by atoms with Crippen molar-refractivity contribution < 1.29 is 19.1 Å². The largest absolute Gasteiger partial charge is 0.465 e. The number of amides is 1. The summed E-state index contributed by atoms with van der Waals surface area (Å²) in [7, 11) is 0. The Morgan fingerprint density at radius 3 is 2.79 bits per heavy atom. The van der Waals surface area contributed by atoms with Crippen molar-refractivity contribution in [3.05, 3.63) is 60.2 Å². The van der Waals surface area contributed by atoms with Gasteiger partial charge in [0.05, 0.1) is 5.69 Å². The van der Waals surface area contributed by atoms with E-state index in [9.17, 15) is 14.0 Å². The molecular formula is C23H23FN2O3. The van der Waals surface area contributed by atoms with Gasteiger partial charge in [0, 0.05) is 30.1 Å². The molecular weight excluding hydrogens is 371 g/mol. The molecule has 2 aliphatic carbocycles. The first kappa shape index (κ1) is 19.3. The molecule has 0 radical (unpaired) electrons. The number of carbonyl (C=O) groups excluding carboxylic acids is 1. The number of ketones is 1. The fourth-order valence-corrected chi connectivity index (χ4v) is 4.73. The van der Waals surface area contributed by atoms with Gasteiger partial charge < -0.3 is 10.4 Å². The van der Waals surface area contributed by atoms with Crippen molar-refractivity contribution in [1.82, 2.24) is 10.3 Å². The standard InChI is InChI=1S/C23H23FN2O3/c24-17-3-1-2-14(10-17)15-4-5-18(25-13-15)6-9-21-20-8-7-19(26-23(28)29)11-16(20)12-22(21)27/h1-6,9-10,13,16,19-21,26H,7-8,11-12H2,(H,28,29)/b9-6+/t16-,19?,20-,21+/m1/s1. The number of rotatable bonds is 4. The zero-order chi connectivity index (χ0) is 20.4. The predicted octanol–water partition coefficient (Wildman–Crippen LogP) is 4.54. The van der Waals surface area contributed by atoms with Crippen molar-refractivity contribution >= 4 is 18.0 Å². The molecule has 6 heteroatoms. The SMILES string of the molecule is O=C(O)NC1CC[C@@H]2[C@@H](CC(=O)[C@H]2/C=C/c2ccc(-c3cccc(F)c3)cn2)C1. The van der Waals surface area contributed by atoms with E-state index < -0.39 is 6.09 Å². The molecule has 1 amide bonds. The number of carbonyl (C=O) groups is 2. The van der Waals surface area contributed by atoms with E-state index in [4.69, 9.17) is 5.11 Å². The molecule has 2 aliphatic rings. The van der Waals surface area contributed by atoms with Crippen molar-refractivity contribution in [1.29, 1.82) is 0 Å². The minimum Gasteiger partial charge on any atom is -0.465 e. The van der Waals surface area contributed by atoms with Crippen LogP contribution in [0.3, 0.4) is 0 Å². The molecule has 0 bridgehead atoms. The highest BCUT2D eigenvalue weighted by molar-refractivity contribution is 5.86. The highest BCUT2D eigenvalue weighted by atomic mass is 19.1. The Labute approximate surface area is 168 Å². The summed E-state index contributed by atoms with van der Waals surface area (Å²) in [5, 5.41) is 11.5. The number of pyridine rings is 1. The number of carboxylic acid groups (broad SMARTS) is 1. The second kappa shape index (κ2) is 8.15. The van der Waals surface area contributed by atoms with E-state index in [1.54, 1.807) is 12.3 Å². The van der Waals surface area contributed by atoms with Crippen LogP contribution < -0.4 is 5.32 Å². The summed E-state index contributed by atoms with van der Waals surface area (Å²) >= 11 is 0. The van der Waals surface area contributed by atoms with Gasteiger partial charge in [-0.15, -0.1) is 0 Å². The average molecular weight is 394 g/mol. The van der Waals surface area contributed by atoms with Crippen LogP contribution in [0.1, 0.15) is 31.4 Å². The van der Waals surface area contributed by atoms with E-state index in [0.717, 1.165) is 36.1 Å². The third-order valence-electron chi connectivity index (χ3n) is 6.08. The van der Waals surface area contributed by atoms with E-state index >= 15 is 0 Å². The molecule has 2 aromatic rings. The average Bonchev–Trinajstić information content (AvgIpc) is 3.00. The second-order valence-corrected chi connectivity index (χ2v) is 7.92. The van der Waals surface area contributed by atoms with Gasteiger partial charge in [0.25, 0.3) is 0 Å². The molecule has 1 aromatic heterocycles. The lowest BCUT2D eigenvalue weighted by Crippen LogP contribution is -2.39. The first-order chi connectivity index (χ1) is 14.0. The Morgan fingerprint density at radius 1 is 1.21 bits per heavy atom. The van der Waals surface area contributed by atoms with Crippen LogP contribution in [0, 0.1) is 23.6 Å². The molecule has 29 heavy (non-hydrogen) atoms. The number of allylic oxidation sites excluding steroid dienone is 1. The highest BCUT2D eigenvalue weighted by Crippen LogP contribution is 2.44. The third-order valence-corrected chi connectivity index (χ3v) is 6.08. The summed E-state index contributed by atoms with van der Waals surface area (Å²) in [6.07, 6.45) is 7.40. The van der Waals surface area contributed by atoms with Crippen LogP contribution in [0.5, 0.6) is 0 Å². The van der Waals surface area contributed by atoms with Gasteiger partial charge in [0.15, 0.2) is 0 Å². The quantitative estimate of drug-likeness (QED) is 0.798. The van der Waals surface area contributed by atoms with Gasteiger partial charge >= 0.3 is 6.09 Å².